The first kappa shape index (κ1) is 22.4. The highest BCUT2D eigenvalue weighted by Gasteiger charge is 2.30. The summed E-state index contributed by atoms with van der Waals surface area (Å²) in [5.74, 6) is 0.345. The highest BCUT2D eigenvalue weighted by Crippen LogP contribution is 2.31. The molecule has 0 aliphatic heterocycles. The summed E-state index contributed by atoms with van der Waals surface area (Å²) in [7, 11) is 3.55. The third-order valence-corrected chi connectivity index (χ3v) is 5.46. The van der Waals surface area contributed by atoms with Crippen LogP contribution in [0, 0.1) is 0 Å². The monoisotopic (exact) mass is 456 g/mol. The second kappa shape index (κ2) is 8.27. The Hall–Kier alpha value is -3.82. The van der Waals surface area contributed by atoms with Gasteiger partial charge in [0.2, 0.25) is 5.95 Å². The number of hydrogen-bond donors (Lipinski definition) is 2. The summed E-state index contributed by atoms with van der Waals surface area (Å²) in [6.45, 7) is 4.12. The van der Waals surface area contributed by atoms with Gasteiger partial charge in [-0.05, 0) is 50.2 Å². The van der Waals surface area contributed by atoms with Crippen LogP contribution in [-0.2, 0) is 13.2 Å². The molecule has 7 nitrogen and oxygen atoms in total. The zero-order chi connectivity index (χ0) is 23.9. The van der Waals surface area contributed by atoms with E-state index in [-0.39, 0.29) is 17.6 Å². The number of anilines is 2. The van der Waals surface area contributed by atoms with Crippen LogP contribution in [0.5, 0.6) is 0 Å². The number of H-pyrrole nitrogens is 1. The molecule has 0 fully saturated rings. The van der Waals surface area contributed by atoms with Gasteiger partial charge >= 0.3 is 6.18 Å². The van der Waals surface area contributed by atoms with Gasteiger partial charge < -0.3 is 15.2 Å². The van der Waals surface area contributed by atoms with Crippen LogP contribution in [0.1, 0.15) is 29.9 Å². The number of halogens is 3. The lowest BCUT2D eigenvalue weighted by Crippen LogP contribution is -2.26. The molecule has 0 radical (unpaired) electrons. The van der Waals surface area contributed by atoms with Crippen LogP contribution in [0.2, 0.25) is 0 Å². The fourth-order valence-corrected chi connectivity index (χ4v) is 3.33. The van der Waals surface area contributed by atoms with Gasteiger partial charge in [-0.2, -0.15) is 18.3 Å². The van der Waals surface area contributed by atoms with Crippen molar-refractivity contribution in [1.82, 2.24) is 19.7 Å². The van der Waals surface area contributed by atoms with Crippen LogP contribution >= 0.6 is 0 Å². The third-order valence-electron chi connectivity index (χ3n) is 5.46. The third kappa shape index (κ3) is 4.55. The number of benzene rings is 2. The molecule has 4 aromatic rings. The number of nitrogens with zero attached hydrogens (tertiary/aromatic N) is 4. The van der Waals surface area contributed by atoms with Crippen molar-refractivity contribution in [2.45, 2.75) is 26.1 Å². The van der Waals surface area contributed by atoms with E-state index >= 15 is 0 Å². The molecule has 0 atom stereocenters. The molecule has 0 saturated carbocycles. The minimum Gasteiger partial charge on any atom is -0.343 e. The smallest absolute Gasteiger partial charge is 0.343 e. The van der Waals surface area contributed by atoms with Crippen molar-refractivity contribution in [3.63, 3.8) is 0 Å². The van der Waals surface area contributed by atoms with Gasteiger partial charge in [-0.25, -0.2) is 4.98 Å². The maximum atomic E-state index is 12.8. The first-order valence-electron chi connectivity index (χ1n) is 10.3. The molecule has 2 aromatic heterocycles. The van der Waals surface area contributed by atoms with E-state index in [0.717, 1.165) is 29.1 Å². The number of fused-ring (bicyclic) bond motifs is 1. The van der Waals surface area contributed by atoms with E-state index < -0.39 is 11.7 Å². The van der Waals surface area contributed by atoms with Gasteiger partial charge in [-0.3, -0.25) is 9.48 Å². The second-order valence-corrected chi connectivity index (χ2v) is 8.06. The summed E-state index contributed by atoms with van der Waals surface area (Å²) in [6, 6.07) is 11.9. The van der Waals surface area contributed by atoms with Crippen molar-refractivity contribution >= 4 is 28.6 Å². The van der Waals surface area contributed by atoms with Crippen molar-refractivity contribution in [1.29, 1.82) is 0 Å². The van der Waals surface area contributed by atoms with Crippen LogP contribution in [0.15, 0.2) is 48.5 Å². The van der Waals surface area contributed by atoms with E-state index in [0.29, 0.717) is 16.9 Å². The van der Waals surface area contributed by atoms with Crippen LogP contribution < -0.4 is 10.2 Å². The lowest BCUT2D eigenvalue weighted by atomic mass is 10.1. The number of carbonyl (C=O) groups is 1. The van der Waals surface area contributed by atoms with E-state index in [2.05, 4.69) is 34.2 Å². The lowest BCUT2D eigenvalue weighted by molar-refractivity contribution is -0.137. The van der Waals surface area contributed by atoms with Gasteiger partial charge in [-0.15, -0.1) is 0 Å². The summed E-state index contributed by atoms with van der Waals surface area (Å²) < 4.78 is 39.8. The standard InChI is InChI=1S/C23H23F3N6O/c1-13(2)31(3)22-28-17-10-9-16(11-19(17)29-22)27-21(33)20-12-18(30-32(20)4)14-5-7-15(8-6-14)23(24,25)26/h5-13H,1-4H3,(H,27,33)(H,28,29). The molecular weight excluding hydrogens is 433 g/mol. The molecule has 172 valence electrons. The molecule has 0 saturated heterocycles. The molecule has 0 bridgehead atoms. The highest BCUT2D eigenvalue weighted by atomic mass is 19.4. The molecular formula is C23H23F3N6O. The van der Waals surface area contributed by atoms with E-state index in [1.165, 1.54) is 16.8 Å². The first-order valence-corrected chi connectivity index (χ1v) is 10.3. The Morgan fingerprint density at radius 2 is 1.82 bits per heavy atom. The van der Waals surface area contributed by atoms with E-state index in [9.17, 15) is 18.0 Å². The topological polar surface area (TPSA) is 78.8 Å². The Balaban J connectivity index is 1.54. The normalized spacial score (nSPS) is 11.9. The van der Waals surface area contributed by atoms with Gasteiger partial charge in [0.1, 0.15) is 5.69 Å². The SMILES string of the molecule is CC(C)N(C)c1nc2ccc(NC(=O)c3cc(-c4ccc(C(F)(F)F)cc4)nn3C)cc2[nH]1. The number of nitrogens with one attached hydrogen (secondary N) is 2. The lowest BCUT2D eigenvalue weighted by Gasteiger charge is -2.19. The molecule has 0 spiro atoms. The second-order valence-electron chi connectivity index (χ2n) is 8.06. The number of alkyl halides is 3. The van der Waals surface area contributed by atoms with E-state index in [1.807, 2.05) is 18.0 Å². The highest BCUT2D eigenvalue weighted by molar-refractivity contribution is 6.04. The number of aromatic amines is 1. The largest absolute Gasteiger partial charge is 0.416 e. The Kier molecular flexibility index (Phi) is 5.61. The molecule has 33 heavy (non-hydrogen) atoms. The molecule has 10 heteroatoms. The van der Waals surface area contributed by atoms with Gasteiger partial charge in [-0.1, -0.05) is 12.1 Å². The van der Waals surface area contributed by atoms with Crippen LogP contribution in [0.4, 0.5) is 24.8 Å². The van der Waals surface area contributed by atoms with Gasteiger partial charge in [0.15, 0.2) is 0 Å². The Morgan fingerprint density at radius 1 is 1.12 bits per heavy atom. The molecule has 4 rings (SSSR count). The molecule has 2 N–H and O–H groups in total. The summed E-state index contributed by atoms with van der Waals surface area (Å²) in [4.78, 5) is 22.7. The molecule has 1 amide bonds. The molecule has 0 aliphatic rings. The fraction of sp³-hybridized carbons (Fsp3) is 0.261. The molecule has 2 heterocycles. The number of rotatable bonds is 5. The minimum atomic E-state index is -4.41. The van der Waals surface area contributed by atoms with Crippen molar-refractivity contribution in [2.24, 2.45) is 7.05 Å². The van der Waals surface area contributed by atoms with Crippen molar-refractivity contribution in [3.8, 4) is 11.3 Å². The summed E-state index contributed by atoms with van der Waals surface area (Å²) in [5, 5.41) is 7.11. The average Bonchev–Trinajstić information content (AvgIpc) is 3.35. The predicted molar refractivity (Wildman–Crippen MR) is 121 cm³/mol. The average molecular weight is 456 g/mol. The number of imidazole rings is 1. The predicted octanol–water partition coefficient (Wildman–Crippen LogP) is 5.08. The zero-order valence-electron chi connectivity index (χ0n) is 18.5. The van der Waals surface area contributed by atoms with Crippen LogP contribution in [-0.4, -0.2) is 38.7 Å². The molecule has 0 aliphatic carbocycles. The number of carbonyl (C=O) groups excluding carboxylic acids is 1. The summed E-state index contributed by atoms with van der Waals surface area (Å²) >= 11 is 0. The van der Waals surface area contributed by atoms with E-state index in [4.69, 9.17) is 0 Å². The zero-order valence-corrected chi connectivity index (χ0v) is 18.5. The van der Waals surface area contributed by atoms with Crippen LogP contribution in [0.25, 0.3) is 22.3 Å². The van der Waals surface area contributed by atoms with Crippen LogP contribution in [0.3, 0.4) is 0 Å². The Labute approximate surface area is 188 Å². The maximum absolute atomic E-state index is 12.8. The number of aryl methyl sites for hydroxylation is 1. The van der Waals surface area contributed by atoms with Gasteiger partial charge in [0.05, 0.1) is 22.3 Å². The first-order chi connectivity index (χ1) is 15.5. The van der Waals surface area contributed by atoms with Gasteiger partial charge in [0.25, 0.3) is 5.91 Å². The number of aromatic nitrogens is 4. The number of hydrogen-bond acceptors (Lipinski definition) is 4. The van der Waals surface area contributed by atoms with Crippen molar-refractivity contribution in [3.05, 3.63) is 59.8 Å². The molecule has 0 unspecified atom stereocenters. The summed E-state index contributed by atoms with van der Waals surface area (Å²) in [6.07, 6.45) is -4.41. The minimum absolute atomic E-state index is 0.272. The van der Waals surface area contributed by atoms with Crippen molar-refractivity contribution in [2.75, 3.05) is 17.3 Å². The van der Waals surface area contributed by atoms with E-state index in [1.54, 1.807) is 25.2 Å². The maximum Gasteiger partial charge on any atom is 0.416 e. The fourth-order valence-electron chi connectivity index (χ4n) is 3.33. The Bertz CT molecular complexity index is 1300. The van der Waals surface area contributed by atoms with Crippen molar-refractivity contribution < 1.29 is 18.0 Å². The number of amides is 1. The molecule has 2 aromatic carbocycles. The Morgan fingerprint density at radius 3 is 2.45 bits per heavy atom. The summed E-state index contributed by atoms with van der Waals surface area (Å²) in [5.41, 5.74) is 2.56. The quantitative estimate of drug-likeness (QED) is 0.439. The van der Waals surface area contributed by atoms with Gasteiger partial charge in [0, 0.05) is 31.4 Å².